The summed E-state index contributed by atoms with van der Waals surface area (Å²) in [6, 6.07) is 0. The van der Waals surface area contributed by atoms with Crippen LogP contribution < -0.4 is 5.32 Å². The molecule has 17 atom stereocenters. The average Bonchev–Trinajstić information content (AvgIpc) is 3.84. The second-order valence-corrected chi connectivity index (χ2v) is 17.9. The van der Waals surface area contributed by atoms with Gasteiger partial charge in [0.2, 0.25) is 5.79 Å². The first-order valence-electron chi connectivity index (χ1n) is 20.0. The van der Waals surface area contributed by atoms with Crippen LogP contribution in [-0.2, 0) is 38.0 Å². The van der Waals surface area contributed by atoms with Crippen molar-refractivity contribution in [2.24, 2.45) is 35.5 Å². The highest BCUT2D eigenvalue weighted by Gasteiger charge is 2.62. The SMILES string of the molecule is CO[C@H]([C@H](C)[C@H]1O[C@@]2(CC[C@@](C)([C@H]3CC[C@@](CO)([C@@H]4O[C@@H]([C@H]5O[C@@](O)(COC(=O)NCCCCl)[C@H](C)C[C@@H]5C)C[C@@H]4C)O3)O2)C[C@H](O)[C@H]1C)[C@H](C)C(=O)O. The lowest BCUT2D eigenvalue weighted by Gasteiger charge is -2.48. The zero-order chi connectivity index (χ0) is 39.8. The maximum atomic E-state index is 12.2. The van der Waals surface area contributed by atoms with Gasteiger partial charge in [0.25, 0.3) is 0 Å². The zero-order valence-electron chi connectivity index (χ0n) is 33.3. The summed E-state index contributed by atoms with van der Waals surface area (Å²) in [5.74, 6) is -4.96. The molecule has 0 bridgehead atoms. The Labute approximate surface area is 325 Å². The third-order valence-corrected chi connectivity index (χ3v) is 13.7. The summed E-state index contributed by atoms with van der Waals surface area (Å²) in [6.07, 6.45) is 0.186. The van der Waals surface area contributed by atoms with Gasteiger partial charge in [0.1, 0.15) is 12.2 Å². The molecule has 5 aliphatic heterocycles. The quantitative estimate of drug-likeness (QED) is 0.124. The molecular weight excluding hydrogens is 726 g/mol. The summed E-state index contributed by atoms with van der Waals surface area (Å²) in [4.78, 5) is 24.1. The van der Waals surface area contributed by atoms with Crippen molar-refractivity contribution in [1.82, 2.24) is 5.32 Å². The van der Waals surface area contributed by atoms with Gasteiger partial charge in [-0.15, -0.1) is 11.6 Å². The van der Waals surface area contributed by atoms with E-state index in [1.165, 1.54) is 7.11 Å². The van der Waals surface area contributed by atoms with Crippen molar-refractivity contribution in [2.45, 2.75) is 165 Å². The van der Waals surface area contributed by atoms with E-state index in [9.17, 15) is 30.0 Å². The Balaban J connectivity index is 1.25. The van der Waals surface area contributed by atoms with Gasteiger partial charge in [0.15, 0.2) is 5.79 Å². The molecule has 0 aromatic carbocycles. The number of ether oxygens (including phenoxy) is 7. The van der Waals surface area contributed by atoms with E-state index in [0.29, 0.717) is 57.4 Å². The zero-order valence-corrected chi connectivity index (χ0v) is 34.1. The van der Waals surface area contributed by atoms with Gasteiger partial charge in [-0.25, -0.2) is 4.79 Å². The number of aliphatic hydroxyl groups is 3. The molecule has 312 valence electrons. The molecule has 5 aliphatic rings. The normalized spacial score (nSPS) is 45.6. The van der Waals surface area contributed by atoms with Crippen LogP contribution in [0.4, 0.5) is 4.79 Å². The van der Waals surface area contributed by atoms with Gasteiger partial charge in [-0.3, -0.25) is 4.79 Å². The fraction of sp³-hybridized carbons (Fsp3) is 0.949. The Morgan fingerprint density at radius 3 is 2.41 bits per heavy atom. The van der Waals surface area contributed by atoms with Crippen molar-refractivity contribution in [1.29, 1.82) is 0 Å². The van der Waals surface area contributed by atoms with E-state index in [0.717, 1.165) is 0 Å². The van der Waals surface area contributed by atoms with Gasteiger partial charge in [-0.1, -0.05) is 34.6 Å². The molecule has 5 fully saturated rings. The van der Waals surface area contributed by atoms with Crippen LogP contribution in [0.3, 0.4) is 0 Å². The first-order valence-corrected chi connectivity index (χ1v) is 20.5. The Morgan fingerprint density at radius 1 is 1.04 bits per heavy atom. The Morgan fingerprint density at radius 2 is 1.76 bits per heavy atom. The third-order valence-electron chi connectivity index (χ3n) is 13.5. The van der Waals surface area contributed by atoms with Crippen LogP contribution >= 0.6 is 11.6 Å². The highest BCUT2D eigenvalue weighted by molar-refractivity contribution is 6.17. The summed E-state index contributed by atoms with van der Waals surface area (Å²) in [7, 11) is 1.50. The minimum atomic E-state index is -1.69. The van der Waals surface area contributed by atoms with Crippen molar-refractivity contribution in [3.63, 3.8) is 0 Å². The molecular formula is C39H66ClNO13. The van der Waals surface area contributed by atoms with E-state index in [4.69, 9.17) is 44.8 Å². The summed E-state index contributed by atoms with van der Waals surface area (Å²) >= 11 is 5.70. The predicted molar refractivity (Wildman–Crippen MR) is 197 cm³/mol. The lowest BCUT2D eigenvalue weighted by atomic mass is 9.78. The van der Waals surface area contributed by atoms with Crippen LogP contribution in [0.5, 0.6) is 0 Å². The summed E-state index contributed by atoms with van der Waals surface area (Å²) < 4.78 is 44.6. The standard InChI is InChI=1S/C39H66ClNO13/c1-21-16-23(3)39(47,20-49-35(46)41-15-9-14-40)53-30(21)28-17-22(2)33(50-28)37(19-42)11-10-29(51-37)36(7)12-13-38(54-36)18-27(43)24(4)32(52-38)25(5)31(48-8)26(6)34(44)45/h21-33,42-43,47H,9-20H2,1-8H3,(H,41,46)(H,44,45)/t21-,22-,23+,24+,25-,26-,27-,28+,29+,30-,31+,32-,33+,36-,37+,38+,39-/m0/s1. The topological polar surface area (TPSA) is 192 Å². The minimum Gasteiger partial charge on any atom is -0.481 e. The monoisotopic (exact) mass is 791 g/mol. The van der Waals surface area contributed by atoms with Crippen molar-refractivity contribution in [2.75, 3.05) is 32.7 Å². The maximum absolute atomic E-state index is 12.2. The molecule has 54 heavy (non-hydrogen) atoms. The number of amides is 1. The number of carboxylic acid groups (broad SMARTS) is 1. The molecule has 14 nitrogen and oxygen atoms in total. The number of aliphatic carboxylic acids is 1. The van der Waals surface area contributed by atoms with Gasteiger partial charge in [0, 0.05) is 50.1 Å². The van der Waals surface area contributed by atoms with E-state index < -0.39 is 77.4 Å². The molecule has 5 saturated heterocycles. The Kier molecular flexibility index (Phi) is 14.0. The number of alkyl carbamates (subject to hydrolysis) is 1. The first kappa shape index (κ1) is 43.8. The number of alkyl halides is 1. The van der Waals surface area contributed by atoms with Gasteiger partial charge in [0.05, 0.1) is 60.9 Å². The molecule has 5 N–H and O–H groups in total. The fourth-order valence-corrected chi connectivity index (χ4v) is 10.3. The van der Waals surface area contributed by atoms with E-state index in [2.05, 4.69) is 19.2 Å². The number of aliphatic hydroxyl groups excluding tert-OH is 2. The number of rotatable bonds is 14. The Hall–Kier alpha value is -1.33. The summed E-state index contributed by atoms with van der Waals surface area (Å²) in [5.41, 5.74) is -1.78. The van der Waals surface area contributed by atoms with Crippen LogP contribution in [0, 0.1) is 35.5 Å². The fourth-order valence-electron chi connectivity index (χ4n) is 10.1. The average molecular weight is 792 g/mol. The number of nitrogens with one attached hydrogen (secondary N) is 1. The lowest BCUT2D eigenvalue weighted by Crippen LogP contribution is -2.57. The molecule has 1 spiro atoms. The smallest absolute Gasteiger partial charge is 0.407 e. The number of carbonyl (C=O) groups excluding carboxylic acids is 1. The van der Waals surface area contributed by atoms with Crippen molar-refractivity contribution < 1.29 is 63.2 Å². The summed E-state index contributed by atoms with van der Waals surface area (Å²) in [5, 5.41) is 46.2. The first-order chi connectivity index (χ1) is 25.4. The molecule has 1 amide bonds. The second-order valence-electron chi connectivity index (χ2n) is 17.5. The van der Waals surface area contributed by atoms with E-state index in [-0.39, 0.29) is 55.3 Å². The van der Waals surface area contributed by atoms with Crippen molar-refractivity contribution in [3.8, 4) is 0 Å². The van der Waals surface area contributed by atoms with E-state index >= 15 is 0 Å². The van der Waals surface area contributed by atoms with Crippen molar-refractivity contribution >= 4 is 23.7 Å². The molecule has 5 heterocycles. The molecule has 5 rings (SSSR count). The van der Waals surface area contributed by atoms with Gasteiger partial charge in [-0.2, -0.15) is 0 Å². The number of halogens is 1. The number of hydrogen-bond acceptors (Lipinski definition) is 12. The maximum Gasteiger partial charge on any atom is 0.407 e. The van der Waals surface area contributed by atoms with Crippen LogP contribution in [-0.4, -0.2) is 131 Å². The largest absolute Gasteiger partial charge is 0.481 e. The number of carboxylic acids is 1. The van der Waals surface area contributed by atoms with Crippen LogP contribution in [0.25, 0.3) is 0 Å². The Bertz CT molecular complexity index is 1300. The van der Waals surface area contributed by atoms with Crippen LogP contribution in [0.15, 0.2) is 0 Å². The van der Waals surface area contributed by atoms with Crippen LogP contribution in [0.2, 0.25) is 0 Å². The molecule has 0 aromatic heterocycles. The molecule has 0 aromatic rings. The second kappa shape index (κ2) is 17.3. The summed E-state index contributed by atoms with van der Waals surface area (Å²) in [6.45, 7) is 13.2. The van der Waals surface area contributed by atoms with E-state index in [1.54, 1.807) is 6.92 Å². The predicted octanol–water partition coefficient (Wildman–Crippen LogP) is 4.22. The number of hydrogen-bond donors (Lipinski definition) is 5. The van der Waals surface area contributed by atoms with Crippen molar-refractivity contribution in [3.05, 3.63) is 0 Å². The van der Waals surface area contributed by atoms with Crippen LogP contribution in [0.1, 0.15) is 99.8 Å². The van der Waals surface area contributed by atoms with Gasteiger partial charge in [-0.05, 0) is 64.2 Å². The van der Waals surface area contributed by atoms with Gasteiger partial charge < -0.3 is 58.9 Å². The highest BCUT2D eigenvalue weighted by atomic mass is 35.5. The number of carbonyl (C=O) groups is 2. The van der Waals surface area contributed by atoms with Gasteiger partial charge >= 0.3 is 12.1 Å². The molecule has 0 aliphatic carbocycles. The number of methoxy groups -OCH3 is 1. The lowest BCUT2D eigenvalue weighted by molar-refractivity contribution is -0.336. The molecule has 0 unspecified atom stereocenters. The molecule has 15 heteroatoms. The van der Waals surface area contributed by atoms with E-state index in [1.807, 2.05) is 27.7 Å². The third kappa shape index (κ3) is 8.73. The highest BCUT2D eigenvalue weighted by Crippen LogP contribution is 2.54. The molecule has 0 saturated carbocycles. The molecule has 0 radical (unpaired) electrons. The minimum absolute atomic E-state index is 0.000712.